The Bertz CT molecular complexity index is 723. The van der Waals surface area contributed by atoms with Crippen LogP contribution >= 0.6 is 0 Å². The third-order valence-electron chi connectivity index (χ3n) is 7.93. The largest absolute Gasteiger partial charge is 0.453 e. The summed E-state index contributed by atoms with van der Waals surface area (Å²) in [5, 5.41) is 33.9. The molecule has 0 aromatic rings. The van der Waals surface area contributed by atoms with Crippen LogP contribution in [0.2, 0.25) is 0 Å². The number of esters is 1. The quantitative estimate of drug-likeness (QED) is 0.468. The summed E-state index contributed by atoms with van der Waals surface area (Å²) in [4.78, 5) is 26.5. The Labute approximate surface area is 158 Å². The molecule has 3 aliphatic heterocycles. The molecule has 1 saturated carbocycles. The van der Waals surface area contributed by atoms with Gasteiger partial charge in [-0.15, -0.1) is 0 Å². The SMILES string of the molecule is C[C@H]1C=C[C@H]2CCCC[C@@H]2C1[C@@H](O)[C@@]1(O)C(=O)N2CC[C@H]3C(=O)O[C@@H]1[C@]32O. The zero-order valence-electron chi connectivity index (χ0n) is 15.5. The summed E-state index contributed by atoms with van der Waals surface area (Å²) in [5.41, 5.74) is -4.14. The molecule has 2 aliphatic carbocycles. The van der Waals surface area contributed by atoms with E-state index < -0.39 is 41.3 Å². The highest BCUT2D eigenvalue weighted by atomic mass is 16.6. The fourth-order valence-electron chi connectivity index (χ4n) is 6.58. The number of aliphatic hydroxyl groups excluding tert-OH is 1. The van der Waals surface area contributed by atoms with E-state index >= 15 is 0 Å². The molecule has 1 unspecified atom stereocenters. The summed E-state index contributed by atoms with van der Waals surface area (Å²) in [5.74, 6) is -2.01. The van der Waals surface area contributed by atoms with Gasteiger partial charge in [-0.2, -0.15) is 0 Å². The lowest BCUT2D eigenvalue weighted by Gasteiger charge is -2.46. The summed E-state index contributed by atoms with van der Waals surface area (Å²) in [6.07, 6.45) is 5.92. The van der Waals surface area contributed by atoms with Crippen LogP contribution in [0.25, 0.3) is 0 Å². The number of allylic oxidation sites excluding steroid dienone is 2. The first-order chi connectivity index (χ1) is 12.8. The van der Waals surface area contributed by atoms with Crippen molar-refractivity contribution in [2.24, 2.45) is 29.6 Å². The minimum atomic E-state index is -2.30. The van der Waals surface area contributed by atoms with Crippen molar-refractivity contribution in [1.82, 2.24) is 4.90 Å². The number of hydrogen-bond donors (Lipinski definition) is 3. The molecule has 3 N–H and O–H groups in total. The van der Waals surface area contributed by atoms with Crippen molar-refractivity contribution in [1.29, 1.82) is 0 Å². The van der Waals surface area contributed by atoms with Gasteiger partial charge in [-0.3, -0.25) is 9.59 Å². The second-order valence-corrected chi connectivity index (χ2v) is 9.10. The van der Waals surface area contributed by atoms with Crippen LogP contribution in [0.5, 0.6) is 0 Å². The number of carbonyl (C=O) groups is 2. The van der Waals surface area contributed by atoms with Crippen LogP contribution in [0.15, 0.2) is 12.2 Å². The van der Waals surface area contributed by atoms with Gasteiger partial charge in [0.1, 0.15) is 5.92 Å². The predicted molar refractivity (Wildman–Crippen MR) is 92.8 cm³/mol. The molecular formula is C20H27NO6. The van der Waals surface area contributed by atoms with E-state index in [2.05, 4.69) is 12.2 Å². The second kappa shape index (κ2) is 5.55. The molecule has 0 spiro atoms. The number of hydrogen-bond acceptors (Lipinski definition) is 6. The zero-order valence-corrected chi connectivity index (χ0v) is 15.5. The van der Waals surface area contributed by atoms with Crippen LogP contribution in [0.3, 0.4) is 0 Å². The highest BCUT2D eigenvalue weighted by Crippen LogP contribution is 2.56. The van der Waals surface area contributed by atoms with Crippen LogP contribution in [0.4, 0.5) is 0 Å². The molecular weight excluding hydrogens is 350 g/mol. The maximum Gasteiger partial charge on any atom is 0.314 e. The van der Waals surface area contributed by atoms with Gasteiger partial charge in [0.2, 0.25) is 5.60 Å². The lowest BCUT2D eigenvalue weighted by Crippen LogP contribution is -2.62. The molecule has 4 fully saturated rings. The van der Waals surface area contributed by atoms with Crippen molar-refractivity contribution in [2.45, 2.75) is 62.6 Å². The first kappa shape index (κ1) is 17.6. The summed E-state index contributed by atoms with van der Waals surface area (Å²) >= 11 is 0. The molecule has 0 aromatic heterocycles. The Balaban J connectivity index is 1.54. The van der Waals surface area contributed by atoms with Gasteiger partial charge in [-0.25, -0.2) is 0 Å². The summed E-state index contributed by atoms with van der Waals surface area (Å²) in [6, 6.07) is 0. The molecule has 1 amide bonds. The Hall–Kier alpha value is -1.44. The van der Waals surface area contributed by atoms with E-state index in [9.17, 15) is 24.9 Å². The first-order valence-electron chi connectivity index (χ1n) is 10.1. The molecule has 5 rings (SSSR count). The number of fused-ring (bicyclic) bond motifs is 1. The van der Waals surface area contributed by atoms with E-state index in [1.807, 2.05) is 6.92 Å². The molecule has 3 heterocycles. The smallest absolute Gasteiger partial charge is 0.314 e. The van der Waals surface area contributed by atoms with E-state index in [4.69, 9.17) is 4.74 Å². The van der Waals surface area contributed by atoms with Gasteiger partial charge in [0, 0.05) is 6.54 Å². The number of ether oxygens (including phenoxy) is 1. The standard InChI is InChI=1S/C20H27NO6/c1-10-6-7-11-4-2-3-5-12(11)14(10)15(22)19(25)17-20(26)13(16(23)27-17)8-9-21(20)18(19)24/h6-7,10-15,17,22,25-26H,2-5,8-9H2,1H3/t10-,11+,12-,13-,14?,15+,17-,19-,20+/m0/s1. The third-order valence-corrected chi connectivity index (χ3v) is 7.93. The second-order valence-electron chi connectivity index (χ2n) is 9.10. The Kier molecular flexibility index (Phi) is 3.63. The van der Waals surface area contributed by atoms with E-state index in [0.717, 1.165) is 30.6 Å². The molecule has 148 valence electrons. The van der Waals surface area contributed by atoms with Crippen molar-refractivity contribution in [3.05, 3.63) is 12.2 Å². The van der Waals surface area contributed by atoms with Crippen molar-refractivity contribution in [3.8, 4) is 0 Å². The van der Waals surface area contributed by atoms with Gasteiger partial charge >= 0.3 is 5.97 Å². The monoisotopic (exact) mass is 377 g/mol. The number of rotatable bonds is 2. The van der Waals surface area contributed by atoms with E-state index in [1.165, 1.54) is 0 Å². The maximum absolute atomic E-state index is 13.1. The van der Waals surface area contributed by atoms with Crippen molar-refractivity contribution in [2.75, 3.05) is 6.54 Å². The molecule has 7 nitrogen and oxygen atoms in total. The van der Waals surface area contributed by atoms with E-state index in [1.54, 1.807) is 0 Å². The number of amides is 1. The molecule has 7 heteroatoms. The van der Waals surface area contributed by atoms with E-state index in [0.29, 0.717) is 12.3 Å². The Morgan fingerprint density at radius 1 is 1.19 bits per heavy atom. The number of carbonyl (C=O) groups excluding carboxylic acids is 2. The van der Waals surface area contributed by atoms with E-state index in [-0.39, 0.29) is 24.3 Å². The minimum Gasteiger partial charge on any atom is -0.453 e. The fraction of sp³-hybridized carbons (Fsp3) is 0.800. The first-order valence-corrected chi connectivity index (χ1v) is 10.1. The van der Waals surface area contributed by atoms with Gasteiger partial charge in [0.25, 0.3) is 5.91 Å². The van der Waals surface area contributed by atoms with Crippen molar-refractivity contribution < 1.29 is 29.6 Å². The van der Waals surface area contributed by atoms with Crippen LogP contribution < -0.4 is 0 Å². The van der Waals surface area contributed by atoms with Gasteiger partial charge in [-0.05, 0) is 42.9 Å². The van der Waals surface area contributed by atoms with Crippen LogP contribution in [-0.4, -0.2) is 62.2 Å². The molecule has 27 heavy (non-hydrogen) atoms. The average Bonchev–Trinajstić information content (AvgIpc) is 3.19. The van der Waals surface area contributed by atoms with Gasteiger partial charge in [-0.1, -0.05) is 31.9 Å². The summed E-state index contributed by atoms with van der Waals surface area (Å²) < 4.78 is 5.31. The number of aliphatic hydroxyl groups is 3. The molecule has 3 saturated heterocycles. The maximum atomic E-state index is 13.1. The van der Waals surface area contributed by atoms with Crippen LogP contribution in [0.1, 0.15) is 39.0 Å². The lowest BCUT2D eigenvalue weighted by molar-refractivity contribution is -0.194. The Morgan fingerprint density at radius 3 is 2.70 bits per heavy atom. The molecule has 0 aromatic carbocycles. The number of nitrogens with zero attached hydrogens (tertiary/aromatic N) is 1. The highest BCUT2D eigenvalue weighted by Gasteiger charge is 2.80. The molecule has 0 radical (unpaired) electrons. The normalized spacial score (nSPS) is 51.9. The van der Waals surface area contributed by atoms with Crippen LogP contribution in [0, 0.1) is 29.6 Å². The molecule has 0 bridgehead atoms. The molecule has 9 atom stereocenters. The van der Waals surface area contributed by atoms with Gasteiger partial charge in [0.15, 0.2) is 11.8 Å². The summed E-state index contributed by atoms with van der Waals surface area (Å²) in [7, 11) is 0. The zero-order chi connectivity index (χ0) is 19.1. The topological polar surface area (TPSA) is 107 Å². The average molecular weight is 377 g/mol. The minimum absolute atomic E-state index is 0.0193. The van der Waals surface area contributed by atoms with Crippen molar-refractivity contribution >= 4 is 11.9 Å². The van der Waals surface area contributed by atoms with Gasteiger partial charge < -0.3 is 25.0 Å². The lowest BCUT2D eigenvalue weighted by atomic mass is 9.61. The molecule has 5 aliphatic rings. The highest BCUT2D eigenvalue weighted by molar-refractivity contribution is 5.95. The fourth-order valence-corrected chi connectivity index (χ4v) is 6.58. The van der Waals surface area contributed by atoms with Crippen LogP contribution in [-0.2, 0) is 14.3 Å². The summed E-state index contributed by atoms with van der Waals surface area (Å²) in [6.45, 7) is 2.17. The predicted octanol–water partition coefficient (Wildman–Crippen LogP) is 0.183. The van der Waals surface area contributed by atoms with Crippen molar-refractivity contribution in [3.63, 3.8) is 0 Å². The third kappa shape index (κ3) is 1.97. The van der Waals surface area contributed by atoms with Gasteiger partial charge in [0.05, 0.1) is 6.10 Å². The Morgan fingerprint density at radius 2 is 1.93 bits per heavy atom.